The van der Waals surface area contributed by atoms with Crippen molar-refractivity contribution in [2.45, 2.75) is 6.92 Å². The van der Waals surface area contributed by atoms with E-state index in [2.05, 4.69) is 4.99 Å². The molecule has 0 saturated heterocycles. The minimum Gasteiger partial charge on any atom is -0.499 e. The molecule has 0 unspecified atom stereocenters. The molecule has 0 spiro atoms. The van der Waals surface area contributed by atoms with Crippen molar-refractivity contribution in [3.05, 3.63) is 59.7 Å². The van der Waals surface area contributed by atoms with E-state index in [1.165, 1.54) is 12.3 Å². The van der Waals surface area contributed by atoms with Crippen molar-refractivity contribution in [3.63, 3.8) is 0 Å². The van der Waals surface area contributed by atoms with Crippen LogP contribution in [-0.4, -0.2) is 18.5 Å². The summed E-state index contributed by atoms with van der Waals surface area (Å²) in [5.41, 5.74) is 0.667. The van der Waals surface area contributed by atoms with E-state index in [1.807, 2.05) is 0 Å². The van der Waals surface area contributed by atoms with Gasteiger partial charge in [0.25, 0.3) is 0 Å². The van der Waals surface area contributed by atoms with Crippen LogP contribution < -0.4 is 0 Å². The van der Waals surface area contributed by atoms with Gasteiger partial charge in [0, 0.05) is 10.9 Å². The summed E-state index contributed by atoms with van der Waals surface area (Å²) in [6.07, 6.45) is 1.26. The summed E-state index contributed by atoms with van der Waals surface area (Å²) in [5.74, 6) is -0.752. The third kappa shape index (κ3) is 2.38. The fourth-order valence-electron chi connectivity index (χ4n) is 2.12. The molecule has 0 radical (unpaired) electrons. The van der Waals surface area contributed by atoms with Gasteiger partial charge in [0.2, 0.25) is 5.90 Å². The molecule has 0 amide bonds. The van der Waals surface area contributed by atoms with Gasteiger partial charge in [0.15, 0.2) is 5.70 Å². The van der Waals surface area contributed by atoms with Crippen molar-refractivity contribution < 1.29 is 18.7 Å². The lowest BCUT2D eigenvalue weighted by Gasteiger charge is -2.05. The summed E-state index contributed by atoms with van der Waals surface area (Å²) in [6, 6.07) is 9.85. The van der Waals surface area contributed by atoms with Crippen LogP contribution in [-0.2, 0) is 14.3 Å². The number of halogens is 1. The second-order valence-electron chi connectivity index (χ2n) is 4.41. The molecule has 0 aromatic heterocycles. The summed E-state index contributed by atoms with van der Waals surface area (Å²) in [7, 11) is 0. The monoisotopic (exact) mass is 285 g/mol. The number of esters is 1. The predicted octanol–water partition coefficient (Wildman–Crippen LogP) is 3.16. The van der Waals surface area contributed by atoms with Crippen LogP contribution in [0.4, 0.5) is 4.39 Å². The summed E-state index contributed by atoms with van der Waals surface area (Å²) >= 11 is 0. The number of ether oxygens (including phenoxy) is 2. The summed E-state index contributed by atoms with van der Waals surface area (Å²) in [4.78, 5) is 15.8. The maximum atomic E-state index is 13.8. The summed E-state index contributed by atoms with van der Waals surface area (Å²) in [6.45, 7) is 2.23. The second-order valence-corrected chi connectivity index (χ2v) is 4.41. The molecule has 1 aliphatic heterocycles. The molecule has 21 heavy (non-hydrogen) atoms. The third-order valence-electron chi connectivity index (χ3n) is 3.08. The highest BCUT2D eigenvalue weighted by Gasteiger charge is 2.26. The van der Waals surface area contributed by atoms with E-state index < -0.39 is 5.97 Å². The summed E-state index contributed by atoms with van der Waals surface area (Å²) < 4.78 is 24.0. The van der Waals surface area contributed by atoms with Crippen LogP contribution in [0.2, 0.25) is 0 Å². The lowest BCUT2D eigenvalue weighted by molar-refractivity contribution is -0.130. The molecule has 2 aromatic carbocycles. The molecular weight excluding hydrogens is 273 g/mol. The van der Waals surface area contributed by atoms with E-state index in [0.29, 0.717) is 22.9 Å². The molecule has 106 valence electrons. The minimum atomic E-state index is -0.577. The van der Waals surface area contributed by atoms with Crippen LogP contribution in [0.15, 0.2) is 53.3 Å². The zero-order chi connectivity index (χ0) is 14.8. The average Bonchev–Trinajstić information content (AvgIpc) is 2.87. The summed E-state index contributed by atoms with van der Waals surface area (Å²) in [5, 5.41) is 1.10. The van der Waals surface area contributed by atoms with Crippen molar-refractivity contribution in [3.8, 4) is 0 Å². The van der Waals surface area contributed by atoms with Crippen LogP contribution in [0.1, 0.15) is 12.5 Å². The Kier molecular flexibility index (Phi) is 3.39. The zero-order valence-corrected chi connectivity index (χ0v) is 11.3. The van der Waals surface area contributed by atoms with Gasteiger partial charge in [-0.2, -0.15) is 0 Å². The highest BCUT2D eigenvalue weighted by atomic mass is 19.1. The first-order chi connectivity index (χ1) is 10.2. The van der Waals surface area contributed by atoms with E-state index in [0.717, 1.165) is 0 Å². The van der Waals surface area contributed by atoms with Crippen LogP contribution in [0.3, 0.4) is 0 Å². The molecule has 0 saturated carbocycles. The van der Waals surface area contributed by atoms with Gasteiger partial charge in [0.1, 0.15) is 12.1 Å². The highest BCUT2D eigenvalue weighted by Crippen LogP contribution is 2.25. The first-order valence-electron chi connectivity index (χ1n) is 6.51. The standard InChI is InChI=1S/C16H12FNO3/c1-2-20-9-14-16(19)21-15(18-14)12-7-8-13(17)11-6-4-3-5-10(11)12/h3-9H,2H2,1H3. The minimum absolute atomic E-state index is 0.0975. The van der Waals surface area contributed by atoms with E-state index in [4.69, 9.17) is 9.47 Å². The lowest BCUT2D eigenvalue weighted by atomic mass is 10.0. The molecule has 1 aliphatic rings. The fourth-order valence-corrected chi connectivity index (χ4v) is 2.12. The average molecular weight is 285 g/mol. The molecule has 4 nitrogen and oxygen atoms in total. The number of hydrogen-bond acceptors (Lipinski definition) is 4. The molecule has 1 heterocycles. The Morgan fingerprint density at radius 3 is 2.76 bits per heavy atom. The van der Waals surface area contributed by atoms with Crippen molar-refractivity contribution in [2.75, 3.05) is 6.61 Å². The largest absolute Gasteiger partial charge is 0.499 e. The van der Waals surface area contributed by atoms with Gasteiger partial charge in [-0.25, -0.2) is 14.2 Å². The Balaban J connectivity index is 2.10. The third-order valence-corrected chi connectivity index (χ3v) is 3.08. The van der Waals surface area contributed by atoms with Gasteiger partial charge < -0.3 is 9.47 Å². The quantitative estimate of drug-likeness (QED) is 0.494. The molecule has 3 rings (SSSR count). The second kappa shape index (κ2) is 5.36. The molecule has 0 atom stereocenters. The van der Waals surface area contributed by atoms with Crippen molar-refractivity contribution in [2.24, 2.45) is 4.99 Å². The maximum absolute atomic E-state index is 13.8. The molecule has 5 heteroatoms. The molecular formula is C16H12FNO3. The number of aliphatic imine (C=N–C) groups is 1. The molecule has 0 N–H and O–H groups in total. The first kappa shape index (κ1) is 13.3. The van der Waals surface area contributed by atoms with E-state index in [1.54, 1.807) is 37.3 Å². The lowest BCUT2D eigenvalue weighted by Crippen LogP contribution is -2.06. The van der Waals surface area contributed by atoms with Crippen molar-refractivity contribution in [1.29, 1.82) is 0 Å². The molecule has 0 bridgehead atoms. The normalized spacial score (nSPS) is 16.2. The first-order valence-corrected chi connectivity index (χ1v) is 6.51. The van der Waals surface area contributed by atoms with Crippen LogP contribution in [0.5, 0.6) is 0 Å². The Morgan fingerprint density at radius 1 is 1.24 bits per heavy atom. The van der Waals surface area contributed by atoms with Gasteiger partial charge in [-0.3, -0.25) is 0 Å². The Labute approximate surface area is 120 Å². The molecule has 2 aromatic rings. The van der Waals surface area contributed by atoms with E-state index in [-0.39, 0.29) is 17.4 Å². The van der Waals surface area contributed by atoms with Crippen molar-refractivity contribution in [1.82, 2.24) is 0 Å². The Morgan fingerprint density at radius 2 is 2.00 bits per heavy atom. The van der Waals surface area contributed by atoms with Gasteiger partial charge in [0.05, 0.1) is 6.61 Å². The number of cyclic esters (lactones) is 1. The van der Waals surface area contributed by atoms with Crippen molar-refractivity contribution >= 4 is 22.6 Å². The number of carbonyl (C=O) groups is 1. The number of rotatable bonds is 3. The van der Waals surface area contributed by atoms with Gasteiger partial charge in [-0.15, -0.1) is 0 Å². The number of nitrogens with zero attached hydrogens (tertiary/aromatic N) is 1. The molecule has 0 aliphatic carbocycles. The number of hydrogen-bond donors (Lipinski definition) is 0. The number of carbonyl (C=O) groups excluding carboxylic acids is 1. The topological polar surface area (TPSA) is 47.9 Å². The predicted molar refractivity (Wildman–Crippen MR) is 76.2 cm³/mol. The van der Waals surface area contributed by atoms with Gasteiger partial charge in [-0.1, -0.05) is 24.3 Å². The Bertz CT molecular complexity index is 780. The van der Waals surface area contributed by atoms with Crippen LogP contribution in [0, 0.1) is 5.82 Å². The number of benzene rings is 2. The zero-order valence-electron chi connectivity index (χ0n) is 11.3. The van der Waals surface area contributed by atoms with Crippen LogP contribution in [0.25, 0.3) is 10.8 Å². The fraction of sp³-hybridized carbons (Fsp3) is 0.125. The van der Waals surface area contributed by atoms with E-state index in [9.17, 15) is 9.18 Å². The van der Waals surface area contributed by atoms with Gasteiger partial charge >= 0.3 is 5.97 Å². The van der Waals surface area contributed by atoms with E-state index >= 15 is 0 Å². The van der Waals surface area contributed by atoms with Gasteiger partial charge in [-0.05, 0) is 24.4 Å². The Hall–Kier alpha value is -2.69. The number of fused-ring (bicyclic) bond motifs is 1. The molecule has 0 fully saturated rings. The highest BCUT2D eigenvalue weighted by molar-refractivity contribution is 6.16. The maximum Gasteiger partial charge on any atom is 0.367 e. The van der Waals surface area contributed by atoms with Crippen LogP contribution >= 0.6 is 0 Å². The SMILES string of the molecule is CCOC=C1N=C(c2ccc(F)c3ccccc23)OC1=O. The smallest absolute Gasteiger partial charge is 0.367 e.